The Labute approximate surface area is 153 Å². The van der Waals surface area contributed by atoms with Gasteiger partial charge in [-0.05, 0) is 29.5 Å². The van der Waals surface area contributed by atoms with E-state index in [4.69, 9.17) is 0 Å². The Bertz CT molecular complexity index is 760. The van der Waals surface area contributed by atoms with E-state index in [0.29, 0.717) is 12.3 Å². The van der Waals surface area contributed by atoms with Gasteiger partial charge in [-0.15, -0.1) is 0 Å². The predicted octanol–water partition coefficient (Wildman–Crippen LogP) is 4.85. The van der Waals surface area contributed by atoms with Crippen LogP contribution < -0.4 is 0 Å². The molecule has 0 aliphatic heterocycles. The molecule has 24 heavy (non-hydrogen) atoms. The van der Waals surface area contributed by atoms with Crippen molar-refractivity contribution in [3.05, 3.63) is 70.2 Å². The highest BCUT2D eigenvalue weighted by Gasteiger charge is 2.29. The second kappa shape index (κ2) is 8.28. The van der Waals surface area contributed by atoms with Gasteiger partial charge in [0.2, 0.25) is 10.0 Å². The molecule has 2 rings (SSSR count). The third-order valence-corrected chi connectivity index (χ3v) is 6.63. The molecule has 0 spiro atoms. The molecule has 0 aliphatic carbocycles. The fourth-order valence-electron chi connectivity index (χ4n) is 2.61. The molecular weight excluding hydrogens is 386 g/mol. The van der Waals surface area contributed by atoms with E-state index in [0.717, 1.165) is 15.6 Å². The zero-order valence-electron chi connectivity index (χ0n) is 14.3. The van der Waals surface area contributed by atoms with E-state index >= 15 is 0 Å². The summed E-state index contributed by atoms with van der Waals surface area (Å²) in [6.07, 6.45) is 0.657. The number of halogens is 1. The van der Waals surface area contributed by atoms with Gasteiger partial charge in [0.15, 0.2) is 0 Å². The van der Waals surface area contributed by atoms with Crippen LogP contribution >= 0.6 is 15.9 Å². The van der Waals surface area contributed by atoms with Crippen molar-refractivity contribution >= 4 is 26.0 Å². The van der Waals surface area contributed by atoms with Crippen LogP contribution in [0, 0.1) is 5.92 Å². The van der Waals surface area contributed by atoms with E-state index in [1.807, 2.05) is 68.4 Å². The highest BCUT2D eigenvalue weighted by atomic mass is 79.9. The average Bonchev–Trinajstić information content (AvgIpc) is 2.56. The lowest BCUT2D eigenvalue weighted by Gasteiger charge is -2.29. The summed E-state index contributed by atoms with van der Waals surface area (Å²) >= 11 is 3.57. The lowest BCUT2D eigenvalue weighted by Crippen LogP contribution is -2.34. The topological polar surface area (TPSA) is 37.4 Å². The van der Waals surface area contributed by atoms with Crippen LogP contribution in [0.5, 0.6) is 0 Å². The SMILES string of the molecule is CC(C)CCS(=O)(=O)N(C)C(c1ccccc1)c1ccccc1Br. The van der Waals surface area contributed by atoms with E-state index < -0.39 is 10.0 Å². The molecule has 0 saturated carbocycles. The van der Waals surface area contributed by atoms with Crippen molar-refractivity contribution in [3.63, 3.8) is 0 Å². The van der Waals surface area contributed by atoms with E-state index in [2.05, 4.69) is 15.9 Å². The van der Waals surface area contributed by atoms with Gasteiger partial charge in [0.25, 0.3) is 0 Å². The third kappa shape index (κ3) is 4.68. The van der Waals surface area contributed by atoms with Gasteiger partial charge in [0.1, 0.15) is 0 Å². The quantitative estimate of drug-likeness (QED) is 0.655. The third-order valence-electron chi connectivity index (χ3n) is 4.07. The van der Waals surface area contributed by atoms with Crippen molar-refractivity contribution in [2.45, 2.75) is 26.3 Å². The number of nitrogens with zero attached hydrogens (tertiary/aromatic N) is 1. The maximum atomic E-state index is 12.8. The lowest BCUT2D eigenvalue weighted by molar-refractivity contribution is 0.413. The van der Waals surface area contributed by atoms with Crippen LogP contribution in [0.2, 0.25) is 0 Å². The van der Waals surface area contributed by atoms with Crippen molar-refractivity contribution in [1.29, 1.82) is 0 Å². The van der Waals surface area contributed by atoms with Gasteiger partial charge in [-0.1, -0.05) is 78.3 Å². The molecule has 1 atom stereocenters. The van der Waals surface area contributed by atoms with Crippen molar-refractivity contribution in [1.82, 2.24) is 4.31 Å². The maximum absolute atomic E-state index is 12.8. The first-order chi connectivity index (χ1) is 11.3. The zero-order valence-corrected chi connectivity index (χ0v) is 16.7. The summed E-state index contributed by atoms with van der Waals surface area (Å²) in [6, 6.07) is 17.2. The minimum atomic E-state index is -3.36. The Balaban J connectivity index is 2.45. The second-order valence-electron chi connectivity index (χ2n) is 6.35. The van der Waals surface area contributed by atoms with Crippen LogP contribution in [0.3, 0.4) is 0 Å². The summed E-state index contributed by atoms with van der Waals surface area (Å²) in [7, 11) is -1.68. The van der Waals surface area contributed by atoms with Crippen LogP contribution in [-0.2, 0) is 10.0 Å². The van der Waals surface area contributed by atoms with Gasteiger partial charge in [-0.25, -0.2) is 8.42 Å². The van der Waals surface area contributed by atoms with E-state index in [-0.39, 0.29) is 11.8 Å². The zero-order chi connectivity index (χ0) is 17.7. The van der Waals surface area contributed by atoms with Crippen LogP contribution in [0.25, 0.3) is 0 Å². The highest BCUT2D eigenvalue weighted by Crippen LogP contribution is 2.34. The summed E-state index contributed by atoms with van der Waals surface area (Å²) in [5.41, 5.74) is 1.90. The molecule has 0 amide bonds. The molecule has 3 nitrogen and oxygen atoms in total. The molecule has 0 radical (unpaired) electrons. The highest BCUT2D eigenvalue weighted by molar-refractivity contribution is 9.10. The largest absolute Gasteiger partial charge is 0.214 e. The average molecular weight is 410 g/mol. The summed E-state index contributed by atoms with van der Waals surface area (Å²) in [4.78, 5) is 0. The number of hydrogen-bond acceptors (Lipinski definition) is 2. The smallest absolute Gasteiger partial charge is 0.212 e. The summed E-state index contributed by atoms with van der Waals surface area (Å²) in [6.45, 7) is 4.08. The Morgan fingerprint density at radius 3 is 2.17 bits per heavy atom. The molecule has 0 N–H and O–H groups in total. The van der Waals surface area contributed by atoms with Gasteiger partial charge in [0.05, 0.1) is 11.8 Å². The molecule has 5 heteroatoms. The molecule has 130 valence electrons. The van der Waals surface area contributed by atoms with Crippen LogP contribution in [0.15, 0.2) is 59.1 Å². The molecule has 0 aromatic heterocycles. The standard InChI is InChI=1S/C19H24BrNO2S/c1-15(2)13-14-24(22,23)21(3)19(16-9-5-4-6-10-16)17-11-7-8-12-18(17)20/h4-12,15,19H,13-14H2,1-3H3. The molecule has 0 heterocycles. The summed E-state index contributed by atoms with van der Waals surface area (Å²) < 4.78 is 28.1. The number of rotatable bonds is 7. The summed E-state index contributed by atoms with van der Waals surface area (Å²) in [5, 5.41) is 0. The second-order valence-corrected chi connectivity index (χ2v) is 9.35. The molecule has 2 aromatic carbocycles. The Hall–Kier alpha value is -1.17. The minimum absolute atomic E-state index is 0.162. The van der Waals surface area contributed by atoms with Crippen molar-refractivity contribution in [3.8, 4) is 0 Å². The lowest BCUT2D eigenvalue weighted by atomic mass is 9.99. The molecule has 1 unspecified atom stereocenters. The van der Waals surface area contributed by atoms with Crippen molar-refractivity contribution in [2.24, 2.45) is 5.92 Å². The molecule has 0 saturated heterocycles. The monoisotopic (exact) mass is 409 g/mol. The number of sulfonamides is 1. The van der Waals surface area contributed by atoms with Gasteiger partial charge in [-0.3, -0.25) is 0 Å². The molecule has 2 aromatic rings. The van der Waals surface area contributed by atoms with Crippen LogP contribution in [-0.4, -0.2) is 25.5 Å². The summed E-state index contributed by atoms with van der Waals surface area (Å²) in [5.74, 6) is 0.515. The van der Waals surface area contributed by atoms with Crippen molar-refractivity contribution < 1.29 is 8.42 Å². The van der Waals surface area contributed by atoms with Crippen LogP contribution in [0.4, 0.5) is 0 Å². The maximum Gasteiger partial charge on any atom is 0.214 e. The first kappa shape index (κ1) is 19.2. The fraction of sp³-hybridized carbons (Fsp3) is 0.368. The number of benzene rings is 2. The molecule has 0 bridgehead atoms. The van der Waals surface area contributed by atoms with Gasteiger partial charge < -0.3 is 0 Å². The first-order valence-electron chi connectivity index (χ1n) is 8.08. The number of hydrogen-bond donors (Lipinski definition) is 0. The molecular formula is C19H24BrNO2S. The van der Waals surface area contributed by atoms with E-state index in [1.165, 1.54) is 4.31 Å². The minimum Gasteiger partial charge on any atom is -0.212 e. The van der Waals surface area contributed by atoms with Gasteiger partial charge in [0, 0.05) is 11.5 Å². The Morgan fingerprint density at radius 2 is 1.58 bits per heavy atom. The van der Waals surface area contributed by atoms with E-state index in [1.54, 1.807) is 7.05 Å². The normalized spacial score (nSPS) is 13.4. The Morgan fingerprint density at radius 1 is 1.00 bits per heavy atom. The Kier molecular flexibility index (Phi) is 6.61. The van der Waals surface area contributed by atoms with Crippen LogP contribution in [0.1, 0.15) is 37.4 Å². The van der Waals surface area contributed by atoms with Crippen molar-refractivity contribution in [2.75, 3.05) is 12.8 Å². The van der Waals surface area contributed by atoms with E-state index in [9.17, 15) is 8.42 Å². The van der Waals surface area contributed by atoms with Gasteiger partial charge >= 0.3 is 0 Å². The molecule has 0 fully saturated rings. The predicted molar refractivity (Wildman–Crippen MR) is 103 cm³/mol. The first-order valence-corrected chi connectivity index (χ1v) is 10.5. The molecule has 0 aliphatic rings. The van der Waals surface area contributed by atoms with Gasteiger partial charge in [-0.2, -0.15) is 4.31 Å². The fourth-order valence-corrected chi connectivity index (χ4v) is 4.72.